The number of carbonyl (C=O) groups excluding carboxylic acids is 5. The molecule has 0 unspecified atom stereocenters. The molecule has 76 heavy (non-hydrogen) atoms. The van der Waals surface area contributed by atoms with Crippen LogP contribution in [0.3, 0.4) is 0 Å². The molecular formula is C53H65N11O12. The minimum atomic E-state index is -1.60. The molecular weight excluding hydrogens is 983 g/mol. The molecule has 0 bridgehead atoms. The summed E-state index contributed by atoms with van der Waals surface area (Å²) >= 11 is 0. The maximum atomic E-state index is 13.6. The number of carbonyl (C=O) groups is 7. The Bertz CT molecular complexity index is 2810. The van der Waals surface area contributed by atoms with Crippen LogP contribution < -0.4 is 10.6 Å². The first-order valence-electron chi connectivity index (χ1n) is 25.6. The molecule has 5 aromatic rings. The lowest BCUT2D eigenvalue weighted by Gasteiger charge is -2.37. The number of aliphatic hydroxyl groups is 2. The second-order valence-corrected chi connectivity index (χ2v) is 19.3. The number of hydrogen-bond acceptors (Lipinski definition) is 17. The van der Waals surface area contributed by atoms with Crippen molar-refractivity contribution < 1.29 is 58.4 Å². The molecule has 0 saturated carbocycles. The number of para-hydroxylation sites is 2. The van der Waals surface area contributed by atoms with Gasteiger partial charge in [-0.1, -0.05) is 30.3 Å². The highest BCUT2D eigenvalue weighted by atomic mass is 16.5. The summed E-state index contributed by atoms with van der Waals surface area (Å²) in [4.78, 5) is 112. The highest BCUT2D eigenvalue weighted by Gasteiger charge is 2.37. The maximum Gasteiger partial charge on any atom is 0.317 e. The number of benzene rings is 3. The predicted octanol–water partition coefficient (Wildman–Crippen LogP) is 0.222. The Balaban J connectivity index is 0.792. The number of aromatic nitrogens is 2. The van der Waals surface area contributed by atoms with Gasteiger partial charge in [0.15, 0.2) is 11.9 Å². The van der Waals surface area contributed by atoms with Crippen molar-refractivity contribution in [2.45, 2.75) is 25.2 Å². The fourth-order valence-electron chi connectivity index (χ4n) is 9.94. The Morgan fingerprint density at radius 3 is 1.89 bits per heavy atom. The zero-order valence-electron chi connectivity index (χ0n) is 42.3. The van der Waals surface area contributed by atoms with Crippen LogP contribution in [0.5, 0.6) is 0 Å². The number of carboxylic acids is 2. The van der Waals surface area contributed by atoms with Crippen LogP contribution in [0.4, 0.5) is 0 Å². The second kappa shape index (κ2) is 26.0. The van der Waals surface area contributed by atoms with E-state index < -0.39 is 36.1 Å². The van der Waals surface area contributed by atoms with Gasteiger partial charge in [0.25, 0.3) is 17.7 Å². The lowest BCUT2D eigenvalue weighted by atomic mass is 9.99. The van der Waals surface area contributed by atoms with E-state index in [0.29, 0.717) is 144 Å². The predicted molar refractivity (Wildman–Crippen MR) is 277 cm³/mol. The zero-order chi connectivity index (χ0) is 53.7. The first-order valence-corrected chi connectivity index (χ1v) is 25.6. The van der Waals surface area contributed by atoms with Crippen molar-refractivity contribution in [3.8, 4) is 11.1 Å². The van der Waals surface area contributed by atoms with E-state index in [2.05, 4.69) is 25.5 Å². The molecule has 6 N–H and O–H groups in total. The molecule has 3 fully saturated rings. The number of Topliss-reactive ketones (excluding diaryl/α,β-unsaturated/α-hetero) is 1. The molecule has 1 atom stereocenters. The number of β-amino-alcohol motifs (C(OH)–C–C–N with tert-alkyl or cyclic N) is 2. The lowest BCUT2D eigenvalue weighted by Crippen LogP contribution is -2.53. The highest BCUT2D eigenvalue weighted by molar-refractivity contribution is 6.08. The maximum absolute atomic E-state index is 13.6. The minimum absolute atomic E-state index is 0.0506. The summed E-state index contributed by atoms with van der Waals surface area (Å²) in [6.45, 7) is 5.51. The summed E-state index contributed by atoms with van der Waals surface area (Å²) < 4.78 is 5.68. The molecule has 8 rings (SSSR count). The van der Waals surface area contributed by atoms with E-state index >= 15 is 0 Å². The quantitative estimate of drug-likeness (QED) is 0.0506. The number of pyridine rings is 1. The van der Waals surface area contributed by atoms with Gasteiger partial charge < -0.3 is 45.3 Å². The van der Waals surface area contributed by atoms with Crippen molar-refractivity contribution in [3.63, 3.8) is 0 Å². The fraction of sp³-hybridized carbons (Fsp3) is 0.453. The van der Waals surface area contributed by atoms with Crippen molar-refractivity contribution in [2.75, 3.05) is 131 Å². The van der Waals surface area contributed by atoms with Crippen molar-refractivity contribution >= 4 is 63.4 Å². The first-order chi connectivity index (χ1) is 36.7. The van der Waals surface area contributed by atoms with Crippen LogP contribution >= 0.6 is 0 Å². The number of likely N-dealkylation sites (tertiary alicyclic amines) is 1. The van der Waals surface area contributed by atoms with Crippen molar-refractivity contribution in [1.82, 2.24) is 54.9 Å². The van der Waals surface area contributed by atoms with Gasteiger partial charge in [-0.05, 0) is 66.4 Å². The topological polar surface area (TPSA) is 286 Å². The smallest absolute Gasteiger partial charge is 0.317 e. The molecule has 5 heterocycles. The molecule has 23 nitrogen and oxygen atoms in total. The number of nitrogens with one attached hydrogen (secondary N) is 2. The third kappa shape index (κ3) is 14.8. The number of piperazine rings is 1. The molecule has 3 aromatic carbocycles. The summed E-state index contributed by atoms with van der Waals surface area (Å²) in [5, 5.41) is 44.6. The van der Waals surface area contributed by atoms with Crippen molar-refractivity contribution in [3.05, 3.63) is 96.0 Å². The van der Waals surface area contributed by atoms with E-state index in [9.17, 15) is 54.0 Å². The number of hydrogen-bond donors (Lipinski definition) is 6. The fourth-order valence-corrected chi connectivity index (χ4v) is 9.94. The summed E-state index contributed by atoms with van der Waals surface area (Å²) in [7, 11) is 0. The molecule has 3 saturated heterocycles. The number of aliphatic carboxylic acids is 2. The molecule has 404 valence electrons. The van der Waals surface area contributed by atoms with Gasteiger partial charge in [-0.25, -0.2) is 4.98 Å². The summed E-state index contributed by atoms with van der Waals surface area (Å²) in [5.41, 5.74) is 3.99. The van der Waals surface area contributed by atoms with E-state index in [4.69, 9.17) is 4.42 Å². The first kappa shape index (κ1) is 55.0. The Kier molecular flexibility index (Phi) is 18.8. The van der Waals surface area contributed by atoms with Gasteiger partial charge in [-0.15, -0.1) is 0 Å². The molecule has 3 aliphatic rings. The number of rotatable bonds is 18. The van der Waals surface area contributed by atoms with Gasteiger partial charge in [-0.3, -0.25) is 63.0 Å². The van der Waals surface area contributed by atoms with E-state index in [1.807, 2.05) is 29.2 Å². The second-order valence-electron chi connectivity index (χ2n) is 19.3. The van der Waals surface area contributed by atoms with E-state index in [1.165, 1.54) is 11.1 Å². The summed E-state index contributed by atoms with van der Waals surface area (Å²) in [6.07, 6.45) is 1.02. The molecule has 2 aromatic heterocycles. The number of fused-ring (bicyclic) bond motifs is 2. The van der Waals surface area contributed by atoms with Gasteiger partial charge >= 0.3 is 11.9 Å². The minimum Gasteiger partial charge on any atom is -0.480 e. The number of ketones is 1. The van der Waals surface area contributed by atoms with Gasteiger partial charge in [0.05, 0.1) is 37.3 Å². The van der Waals surface area contributed by atoms with Crippen LogP contribution in [0.1, 0.15) is 44.2 Å². The monoisotopic (exact) mass is 1050 g/mol. The van der Waals surface area contributed by atoms with Crippen LogP contribution in [0, 0.1) is 0 Å². The molecule has 3 aliphatic heterocycles. The summed E-state index contributed by atoms with van der Waals surface area (Å²) in [6, 6.07) is 20.5. The Morgan fingerprint density at radius 1 is 0.632 bits per heavy atom. The molecule has 4 amide bonds. The largest absolute Gasteiger partial charge is 0.480 e. The number of carboxylic acid groups (broad SMARTS) is 2. The zero-order valence-corrected chi connectivity index (χ0v) is 42.3. The van der Waals surface area contributed by atoms with Crippen LogP contribution in [-0.4, -0.2) is 249 Å². The van der Waals surface area contributed by atoms with Crippen LogP contribution in [0.2, 0.25) is 0 Å². The standard InChI is InChI=1S/C53H65N11O12/c65-45(64-16-3-5-43(64)50(73)53-57-42-4-1-2-6-44(42)76-53)31-56-52(75)39-13-14-54-41-12-11-38(30-40(39)41)36-7-9-37(10-8-36)51(74)55-15-17-58-26-28-63(29-27-58)46(66)32-59-18-20-60(33-47(67)68)22-24-62(35-49(71)72)25-23-61(21-19-59)34-48(69)70/h1-2,4,6-14,30,43,49,71-72H,3,5,15-29,31-35H2,(H,55,74)(H,56,75)(H,67,68)(H,69,70)/t43-/m0/s1. The van der Waals surface area contributed by atoms with Crippen LogP contribution in [0.15, 0.2) is 83.4 Å². The SMILES string of the molecule is O=C(O)CN1CCN(CC(=O)N2CCN(CCNC(=O)c3ccc(-c4ccc5nccc(C(=O)NCC(=O)N6CCC[C@H]6C(=O)c6nc7ccccc7o6)c5c4)cc3)CC2)CCN(CC(=O)O)CCN(CC(O)O)CC1. The van der Waals surface area contributed by atoms with Crippen LogP contribution in [-0.2, 0) is 19.2 Å². The van der Waals surface area contributed by atoms with E-state index in [0.717, 1.165) is 11.1 Å². The molecule has 0 spiro atoms. The normalized spacial score (nSPS) is 18.1. The number of oxazole rings is 1. The molecule has 0 aliphatic carbocycles. The Labute approximate surface area is 438 Å². The third-order valence-corrected chi connectivity index (χ3v) is 14.1. The number of aliphatic hydroxyl groups excluding tert-OH is 1. The highest BCUT2D eigenvalue weighted by Crippen LogP contribution is 2.27. The lowest BCUT2D eigenvalue weighted by molar-refractivity contribution is -0.139. The van der Waals surface area contributed by atoms with Crippen molar-refractivity contribution in [1.29, 1.82) is 0 Å². The van der Waals surface area contributed by atoms with E-state index in [1.54, 1.807) is 68.1 Å². The van der Waals surface area contributed by atoms with Gasteiger partial charge in [0.1, 0.15) is 11.6 Å². The third-order valence-electron chi connectivity index (χ3n) is 14.1. The van der Waals surface area contributed by atoms with E-state index in [-0.39, 0.29) is 56.2 Å². The molecule has 23 heteroatoms. The number of amides is 4. The van der Waals surface area contributed by atoms with Gasteiger partial charge in [0.2, 0.25) is 17.6 Å². The average molecular weight is 1050 g/mol. The summed E-state index contributed by atoms with van der Waals surface area (Å²) in [5.74, 6) is -3.63. The van der Waals surface area contributed by atoms with Gasteiger partial charge in [0, 0.05) is 122 Å². The van der Waals surface area contributed by atoms with Crippen molar-refractivity contribution in [2.24, 2.45) is 0 Å². The number of nitrogens with zero attached hydrogens (tertiary/aromatic N) is 9. The Morgan fingerprint density at radius 2 is 1.25 bits per heavy atom. The Hall–Kier alpha value is -7.25. The van der Waals surface area contributed by atoms with Gasteiger partial charge in [-0.2, -0.15) is 0 Å². The average Bonchev–Trinajstić information content (AvgIpc) is 4.10. The molecule has 0 radical (unpaired) electrons. The van der Waals surface area contributed by atoms with Crippen LogP contribution in [0.25, 0.3) is 33.1 Å².